The molecule has 0 unspecified atom stereocenters. The van der Waals surface area contributed by atoms with E-state index < -0.39 is 0 Å². The average molecular weight is 354 g/mol. The molecule has 1 saturated heterocycles. The molecule has 0 radical (unpaired) electrons. The number of hydrogen-bond acceptors (Lipinski definition) is 5. The second-order valence-electron chi connectivity index (χ2n) is 6.70. The Bertz CT molecular complexity index is 783. The van der Waals surface area contributed by atoms with Crippen LogP contribution in [-0.2, 0) is 11.3 Å². The highest BCUT2D eigenvalue weighted by atomic mass is 16.2. The van der Waals surface area contributed by atoms with Gasteiger partial charge in [0, 0.05) is 38.3 Å². The van der Waals surface area contributed by atoms with Gasteiger partial charge in [-0.15, -0.1) is 0 Å². The van der Waals surface area contributed by atoms with Gasteiger partial charge in [0.15, 0.2) is 0 Å². The average Bonchev–Trinajstić information content (AvgIpc) is 3.29. The quantitative estimate of drug-likeness (QED) is 0.835. The summed E-state index contributed by atoms with van der Waals surface area (Å²) in [6.45, 7) is 4.86. The molecule has 1 N–H and O–H groups in total. The molecule has 26 heavy (non-hydrogen) atoms. The largest absolute Gasteiger partial charge is 0.345 e. The fourth-order valence-corrected chi connectivity index (χ4v) is 3.60. The van der Waals surface area contributed by atoms with Crippen LogP contribution in [0.25, 0.3) is 0 Å². The van der Waals surface area contributed by atoms with Gasteiger partial charge in [-0.3, -0.25) is 19.2 Å². The highest BCUT2D eigenvalue weighted by Crippen LogP contribution is 2.28. The lowest BCUT2D eigenvalue weighted by molar-refractivity contribution is -0.133. The Balaban J connectivity index is 1.27. The van der Waals surface area contributed by atoms with Gasteiger partial charge in [0.2, 0.25) is 5.91 Å². The number of benzene rings is 1. The molecule has 2 aliphatic heterocycles. The summed E-state index contributed by atoms with van der Waals surface area (Å²) in [5, 5.41) is 7.03. The Morgan fingerprint density at radius 2 is 1.96 bits per heavy atom. The molecule has 3 heterocycles. The van der Waals surface area contributed by atoms with E-state index in [0.29, 0.717) is 12.0 Å². The Morgan fingerprint density at radius 1 is 1.15 bits per heavy atom. The molecule has 8 heteroatoms. The second kappa shape index (κ2) is 7.25. The van der Waals surface area contributed by atoms with E-state index in [4.69, 9.17) is 0 Å². The molecule has 2 amide bonds. The smallest absolute Gasteiger partial charge is 0.252 e. The zero-order chi connectivity index (χ0) is 17.9. The summed E-state index contributed by atoms with van der Waals surface area (Å²) in [6.07, 6.45) is 3.58. The number of aromatic nitrogens is 3. The van der Waals surface area contributed by atoms with E-state index in [1.54, 1.807) is 6.33 Å². The first kappa shape index (κ1) is 16.7. The Hall–Kier alpha value is -2.74. The first-order valence-electron chi connectivity index (χ1n) is 8.93. The Kier molecular flexibility index (Phi) is 4.66. The monoisotopic (exact) mass is 354 g/mol. The van der Waals surface area contributed by atoms with Crippen molar-refractivity contribution in [3.8, 4) is 0 Å². The maximum atomic E-state index is 12.7. The summed E-state index contributed by atoms with van der Waals surface area (Å²) < 4.78 is 1.82. The van der Waals surface area contributed by atoms with Crippen molar-refractivity contribution in [1.29, 1.82) is 0 Å². The van der Waals surface area contributed by atoms with Crippen LogP contribution in [0.1, 0.15) is 28.4 Å². The van der Waals surface area contributed by atoms with Crippen molar-refractivity contribution in [1.82, 2.24) is 29.9 Å². The summed E-state index contributed by atoms with van der Waals surface area (Å²) >= 11 is 0. The van der Waals surface area contributed by atoms with Gasteiger partial charge in [0.1, 0.15) is 12.7 Å². The third-order valence-electron chi connectivity index (χ3n) is 5.10. The lowest BCUT2D eigenvalue weighted by Crippen LogP contribution is -2.49. The van der Waals surface area contributed by atoms with E-state index in [0.717, 1.165) is 44.8 Å². The number of rotatable bonds is 5. The summed E-state index contributed by atoms with van der Waals surface area (Å²) in [4.78, 5) is 32.8. The van der Waals surface area contributed by atoms with Crippen molar-refractivity contribution < 1.29 is 9.59 Å². The fraction of sp³-hybridized carbons (Fsp3) is 0.444. The molecule has 1 aromatic heterocycles. The first-order chi connectivity index (χ1) is 12.7. The van der Waals surface area contributed by atoms with Crippen LogP contribution in [0.2, 0.25) is 0 Å². The fourth-order valence-electron chi connectivity index (χ4n) is 3.60. The van der Waals surface area contributed by atoms with Crippen molar-refractivity contribution >= 4 is 11.8 Å². The summed E-state index contributed by atoms with van der Waals surface area (Å²) in [7, 11) is 0. The maximum absolute atomic E-state index is 12.7. The van der Waals surface area contributed by atoms with Gasteiger partial charge in [-0.25, -0.2) is 4.98 Å². The van der Waals surface area contributed by atoms with Crippen LogP contribution in [0.3, 0.4) is 0 Å². The van der Waals surface area contributed by atoms with Gasteiger partial charge in [-0.2, -0.15) is 5.10 Å². The zero-order valence-corrected chi connectivity index (χ0v) is 14.5. The molecule has 2 aliphatic rings. The summed E-state index contributed by atoms with van der Waals surface area (Å²) in [6, 6.07) is 7.28. The van der Waals surface area contributed by atoms with E-state index in [1.807, 2.05) is 33.8 Å². The molecule has 0 saturated carbocycles. The first-order valence-corrected chi connectivity index (χ1v) is 8.93. The van der Waals surface area contributed by atoms with Gasteiger partial charge in [-0.05, 0) is 11.6 Å². The minimum absolute atomic E-state index is 0.0867. The van der Waals surface area contributed by atoms with E-state index in [-0.39, 0.29) is 17.9 Å². The topological polar surface area (TPSA) is 83.4 Å². The predicted molar refractivity (Wildman–Crippen MR) is 94.3 cm³/mol. The van der Waals surface area contributed by atoms with E-state index >= 15 is 0 Å². The molecular weight excluding hydrogens is 332 g/mol. The molecule has 136 valence electrons. The number of nitrogens with zero attached hydrogens (tertiary/aromatic N) is 5. The molecule has 2 aromatic rings. The predicted octanol–water partition coefficient (Wildman–Crippen LogP) is 0.297. The molecule has 4 rings (SSSR count). The minimum Gasteiger partial charge on any atom is -0.345 e. The number of fused-ring (bicyclic) bond motifs is 1. The van der Waals surface area contributed by atoms with Crippen LogP contribution in [0, 0.1) is 0 Å². The lowest BCUT2D eigenvalue weighted by atomic mass is 10.0. The molecular formula is C18H22N6O2. The number of carbonyl (C=O) groups is 2. The van der Waals surface area contributed by atoms with Gasteiger partial charge in [0.25, 0.3) is 5.91 Å². The number of nitrogens with one attached hydrogen (secondary N) is 1. The number of amides is 2. The van der Waals surface area contributed by atoms with Crippen LogP contribution in [-0.4, -0.2) is 69.1 Å². The van der Waals surface area contributed by atoms with Crippen molar-refractivity contribution in [3.63, 3.8) is 0 Å². The highest BCUT2D eigenvalue weighted by molar-refractivity contribution is 5.99. The standard InChI is InChI=1S/C18H22N6O2/c25-17(11-16-14-3-1-2-4-15(14)18(26)21-16)23-8-5-22(6-9-23)7-10-24-13-19-12-20-24/h1-4,12-13,16H,5-11H2,(H,21,26)/t16-/m1/s1. The third-order valence-corrected chi connectivity index (χ3v) is 5.10. The van der Waals surface area contributed by atoms with E-state index in [9.17, 15) is 9.59 Å². The van der Waals surface area contributed by atoms with Crippen LogP contribution < -0.4 is 5.32 Å². The summed E-state index contributed by atoms with van der Waals surface area (Å²) in [5.74, 6) is 0.0132. The third kappa shape index (κ3) is 3.45. The lowest BCUT2D eigenvalue weighted by Gasteiger charge is -2.35. The molecule has 0 bridgehead atoms. The second-order valence-corrected chi connectivity index (χ2v) is 6.70. The van der Waals surface area contributed by atoms with Crippen LogP contribution in [0.5, 0.6) is 0 Å². The zero-order valence-electron chi connectivity index (χ0n) is 14.5. The minimum atomic E-state index is -0.212. The molecule has 1 fully saturated rings. The molecule has 0 spiro atoms. The van der Waals surface area contributed by atoms with Crippen LogP contribution in [0.4, 0.5) is 0 Å². The maximum Gasteiger partial charge on any atom is 0.252 e. The van der Waals surface area contributed by atoms with Crippen molar-refractivity contribution in [2.24, 2.45) is 0 Å². The van der Waals surface area contributed by atoms with E-state index in [1.165, 1.54) is 6.33 Å². The SMILES string of the molecule is O=C1N[C@H](CC(=O)N2CCN(CCn3cncn3)CC2)c2ccccc21. The molecule has 8 nitrogen and oxygen atoms in total. The summed E-state index contributed by atoms with van der Waals surface area (Å²) in [5.41, 5.74) is 1.61. The van der Waals surface area contributed by atoms with Crippen molar-refractivity contribution in [2.75, 3.05) is 32.7 Å². The molecule has 1 atom stereocenters. The number of hydrogen-bond donors (Lipinski definition) is 1. The van der Waals surface area contributed by atoms with Gasteiger partial charge in [0.05, 0.1) is 19.0 Å². The van der Waals surface area contributed by atoms with Crippen LogP contribution >= 0.6 is 0 Å². The van der Waals surface area contributed by atoms with Gasteiger partial charge >= 0.3 is 0 Å². The van der Waals surface area contributed by atoms with E-state index in [2.05, 4.69) is 20.3 Å². The Labute approximate surface area is 151 Å². The molecule has 1 aromatic carbocycles. The highest BCUT2D eigenvalue weighted by Gasteiger charge is 2.31. The number of piperazine rings is 1. The molecule has 0 aliphatic carbocycles. The Morgan fingerprint density at radius 3 is 2.73 bits per heavy atom. The number of carbonyl (C=O) groups excluding carboxylic acids is 2. The van der Waals surface area contributed by atoms with Gasteiger partial charge in [-0.1, -0.05) is 18.2 Å². The van der Waals surface area contributed by atoms with Crippen molar-refractivity contribution in [2.45, 2.75) is 19.0 Å². The van der Waals surface area contributed by atoms with Crippen molar-refractivity contribution in [3.05, 3.63) is 48.0 Å². The van der Waals surface area contributed by atoms with Crippen LogP contribution in [0.15, 0.2) is 36.9 Å². The normalized spacial score (nSPS) is 20.1. The van der Waals surface area contributed by atoms with Gasteiger partial charge < -0.3 is 10.2 Å².